The van der Waals surface area contributed by atoms with Gasteiger partial charge in [0.25, 0.3) is 10.2 Å². The molecular formula is C13H27N3O3S. The molecule has 7 heteroatoms. The van der Waals surface area contributed by atoms with Crippen molar-refractivity contribution in [3.05, 3.63) is 0 Å². The normalized spacial score (nSPS) is 32.6. The third kappa shape index (κ3) is 4.14. The van der Waals surface area contributed by atoms with Gasteiger partial charge >= 0.3 is 0 Å². The lowest BCUT2D eigenvalue weighted by molar-refractivity contribution is 0.176. The summed E-state index contributed by atoms with van der Waals surface area (Å²) in [5.41, 5.74) is -0.451. The number of rotatable bonds is 6. The molecule has 2 N–H and O–H groups in total. The molecule has 0 bridgehead atoms. The topological polar surface area (TPSA) is 70.7 Å². The quantitative estimate of drug-likeness (QED) is 0.741. The van der Waals surface area contributed by atoms with Crippen LogP contribution in [-0.2, 0) is 14.9 Å². The van der Waals surface area contributed by atoms with Crippen molar-refractivity contribution >= 4 is 10.2 Å². The van der Waals surface area contributed by atoms with Gasteiger partial charge in [0.1, 0.15) is 0 Å². The monoisotopic (exact) mass is 305 g/mol. The maximum absolute atomic E-state index is 12.5. The van der Waals surface area contributed by atoms with Crippen LogP contribution in [-0.4, -0.2) is 57.7 Å². The van der Waals surface area contributed by atoms with E-state index in [-0.39, 0.29) is 0 Å². The summed E-state index contributed by atoms with van der Waals surface area (Å²) in [6.07, 6.45) is 2.77. The Morgan fingerprint density at radius 2 is 2.25 bits per heavy atom. The highest BCUT2D eigenvalue weighted by Gasteiger charge is 2.37. The van der Waals surface area contributed by atoms with Gasteiger partial charge in [-0.3, -0.25) is 0 Å². The fourth-order valence-electron chi connectivity index (χ4n) is 2.88. The Kier molecular flexibility index (Phi) is 5.42. The van der Waals surface area contributed by atoms with Crippen LogP contribution in [0.5, 0.6) is 0 Å². The second kappa shape index (κ2) is 6.70. The van der Waals surface area contributed by atoms with E-state index in [4.69, 9.17) is 4.74 Å². The minimum atomic E-state index is -3.41. The Bertz CT molecular complexity index is 407. The van der Waals surface area contributed by atoms with E-state index in [0.717, 1.165) is 32.4 Å². The van der Waals surface area contributed by atoms with Crippen LogP contribution in [0, 0.1) is 5.92 Å². The molecule has 2 aliphatic rings. The molecule has 2 heterocycles. The smallest absolute Gasteiger partial charge is 0.280 e. The summed E-state index contributed by atoms with van der Waals surface area (Å²) in [7, 11) is -3.41. The first kappa shape index (κ1) is 16.2. The molecule has 0 spiro atoms. The van der Waals surface area contributed by atoms with E-state index in [0.29, 0.717) is 32.2 Å². The van der Waals surface area contributed by atoms with Gasteiger partial charge in [-0.25, -0.2) is 0 Å². The third-order valence-corrected chi connectivity index (χ3v) is 5.86. The lowest BCUT2D eigenvalue weighted by atomic mass is 10.00. The molecule has 2 unspecified atom stereocenters. The van der Waals surface area contributed by atoms with Gasteiger partial charge in [-0.15, -0.1) is 0 Å². The molecule has 0 aromatic rings. The number of hydrogen-bond donors (Lipinski definition) is 2. The minimum absolute atomic E-state index is 0.410. The summed E-state index contributed by atoms with van der Waals surface area (Å²) in [6, 6.07) is 0. The Labute approximate surface area is 122 Å². The van der Waals surface area contributed by atoms with Gasteiger partial charge in [0.15, 0.2) is 0 Å². The molecular weight excluding hydrogens is 278 g/mol. The van der Waals surface area contributed by atoms with Gasteiger partial charge < -0.3 is 10.1 Å². The predicted octanol–water partition coefficient (Wildman–Crippen LogP) is 0.321. The molecule has 2 rings (SSSR count). The van der Waals surface area contributed by atoms with Crippen molar-refractivity contribution in [1.29, 1.82) is 0 Å². The van der Waals surface area contributed by atoms with Crippen LogP contribution in [0.15, 0.2) is 0 Å². The van der Waals surface area contributed by atoms with E-state index in [2.05, 4.69) is 17.0 Å². The lowest BCUT2D eigenvalue weighted by Gasteiger charge is -2.34. The van der Waals surface area contributed by atoms with E-state index >= 15 is 0 Å². The zero-order valence-corrected chi connectivity index (χ0v) is 13.3. The number of nitrogens with zero attached hydrogens (tertiary/aromatic N) is 1. The SMILES string of the molecule is CCNCC1CCCN(S(=O)(=O)NC2(C)CCOC2)C1. The van der Waals surface area contributed by atoms with E-state index in [1.54, 1.807) is 4.31 Å². The molecule has 2 fully saturated rings. The van der Waals surface area contributed by atoms with Crippen molar-refractivity contribution in [2.75, 3.05) is 39.4 Å². The second-order valence-electron chi connectivity index (χ2n) is 6.14. The first-order valence-electron chi connectivity index (χ1n) is 7.53. The lowest BCUT2D eigenvalue weighted by Crippen LogP contribution is -2.54. The molecule has 20 heavy (non-hydrogen) atoms. The van der Waals surface area contributed by atoms with Crippen molar-refractivity contribution in [2.45, 2.75) is 38.6 Å². The average Bonchev–Trinajstić information content (AvgIpc) is 2.82. The largest absolute Gasteiger partial charge is 0.379 e. The fraction of sp³-hybridized carbons (Fsp3) is 1.00. The summed E-state index contributed by atoms with van der Waals surface area (Å²) in [6.45, 7) is 8.12. The molecule has 0 radical (unpaired) electrons. The van der Waals surface area contributed by atoms with Crippen molar-refractivity contribution < 1.29 is 13.2 Å². The molecule has 118 valence electrons. The van der Waals surface area contributed by atoms with Crippen LogP contribution in [0.2, 0.25) is 0 Å². The Morgan fingerprint density at radius 1 is 1.45 bits per heavy atom. The maximum Gasteiger partial charge on any atom is 0.280 e. The first-order chi connectivity index (χ1) is 9.45. The number of piperidine rings is 1. The molecule has 0 saturated carbocycles. The summed E-state index contributed by atoms with van der Waals surface area (Å²) in [5.74, 6) is 0.410. The van der Waals surface area contributed by atoms with Gasteiger partial charge in [-0.2, -0.15) is 17.4 Å². The van der Waals surface area contributed by atoms with E-state index in [1.807, 2.05) is 6.92 Å². The van der Waals surface area contributed by atoms with E-state index in [9.17, 15) is 8.42 Å². The molecule has 2 aliphatic heterocycles. The van der Waals surface area contributed by atoms with Crippen molar-refractivity contribution in [2.24, 2.45) is 5.92 Å². The van der Waals surface area contributed by atoms with Crippen molar-refractivity contribution in [1.82, 2.24) is 14.3 Å². The van der Waals surface area contributed by atoms with Gasteiger partial charge in [-0.1, -0.05) is 6.92 Å². The highest BCUT2D eigenvalue weighted by molar-refractivity contribution is 7.87. The van der Waals surface area contributed by atoms with Gasteiger partial charge in [0.05, 0.1) is 12.1 Å². The minimum Gasteiger partial charge on any atom is -0.379 e. The van der Waals surface area contributed by atoms with Gasteiger partial charge in [-0.05, 0) is 45.2 Å². The third-order valence-electron chi connectivity index (χ3n) is 4.10. The van der Waals surface area contributed by atoms with Crippen LogP contribution < -0.4 is 10.0 Å². The number of nitrogens with one attached hydrogen (secondary N) is 2. The molecule has 2 atom stereocenters. The van der Waals surface area contributed by atoms with Gasteiger partial charge in [0.2, 0.25) is 0 Å². The molecule has 0 aromatic heterocycles. The van der Waals surface area contributed by atoms with Gasteiger partial charge in [0, 0.05) is 19.7 Å². The Hall–Kier alpha value is -0.210. The molecule has 0 aliphatic carbocycles. The summed E-state index contributed by atoms with van der Waals surface area (Å²) >= 11 is 0. The van der Waals surface area contributed by atoms with Crippen LogP contribution in [0.1, 0.15) is 33.1 Å². The average molecular weight is 305 g/mol. The molecule has 6 nitrogen and oxygen atoms in total. The highest BCUT2D eigenvalue weighted by atomic mass is 32.2. The standard InChI is InChI=1S/C13H27N3O3S/c1-3-14-9-12-5-4-7-16(10-12)20(17,18)15-13(2)6-8-19-11-13/h12,14-15H,3-11H2,1-2H3. The zero-order valence-electron chi connectivity index (χ0n) is 12.5. The maximum atomic E-state index is 12.5. The number of hydrogen-bond acceptors (Lipinski definition) is 4. The predicted molar refractivity (Wildman–Crippen MR) is 78.7 cm³/mol. The van der Waals surface area contributed by atoms with E-state index in [1.165, 1.54) is 0 Å². The highest BCUT2D eigenvalue weighted by Crippen LogP contribution is 2.22. The van der Waals surface area contributed by atoms with Crippen LogP contribution in [0.25, 0.3) is 0 Å². The number of ether oxygens (including phenoxy) is 1. The summed E-state index contributed by atoms with van der Waals surface area (Å²) in [4.78, 5) is 0. The van der Waals surface area contributed by atoms with Crippen LogP contribution >= 0.6 is 0 Å². The Morgan fingerprint density at radius 3 is 2.90 bits per heavy atom. The van der Waals surface area contributed by atoms with Crippen molar-refractivity contribution in [3.63, 3.8) is 0 Å². The molecule has 0 aromatic carbocycles. The molecule has 2 saturated heterocycles. The first-order valence-corrected chi connectivity index (χ1v) is 8.97. The fourth-order valence-corrected chi connectivity index (χ4v) is 4.57. The zero-order chi connectivity index (χ0) is 14.6. The van der Waals surface area contributed by atoms with E-state index < -0.39 is 15.7 Å². The summed E-state index contributed by atoms with van der Waals surface area (Å²) in [5, 5.41) is 3.31. The molecule has 0 amide bonds. The Balaban J connectivity index is 1.94. The van der Waals surface area contributed by atoms with Crippen LogP contribution in [0.4, 0.5) is 0 Å². The van der Waals surface area contributed by atoms with Crippen molar-refractivity contribution in [3.8, 4) is 0 Å². The van der Waals surface area contributed by atoms with Crippen LogP contribution in [0.3, 0.4) is 0 Å². The second-order valence-corrected chi connectivity index (χ2v) is 7.81. The summed E-state index contributed by atoms with van der Waals surface area (Å²) < 4.78 is 34.8.